The van der Waals surface area contributed by atoms with E-state index >= 15 is 0 Å². The number of carbonyl (C=O) groups excluding carboxylic acids is 2. The molecule has 0 saturated carbocycles. The van der Waals surface area contributed by atoms with Crippen molar-refractivity contribution in [2.75, 3.05) is 20.8 Å². The lowest BCUT2D eigenvalue weighted by Crippen LogP contribution is -2.30. The summed E-state index contributed by atoms with van der Waals surface area (Å²) in [5.74, 6) is -0.771. The van der Waals surface area contributed by atoms with Gasteiger partial charge in [0, 0.05) is 25.2 Å². The molecule has 2 rings (SSSR count). The van der Waals surface area contributed by atoms with Crippen molar-refractivity contribution in [3.05, 3.63) is 71.6 Å². The Bertz CT molecular complexity index is 804. The normalized spacial score (nSPS) is 10.6. The molecule has 0 fully saturated rings. The molecule has 0 N–H and O–H groups in total. The van der Waals surface area contributed by atoms with Crippen LogP contribution in [0.3, 0.4) is 0 Å². The maximum absolute atomic E-state index is 13.6. The number of nitrogens with zero attached hydrogens (tertiary/aromatic N) is 1. The molecule has 0 spiro atoms. The summed E-state index contributed by atoms with van der Waals surface area (Å²) < 4.78 is 23.6. The third-order valence-corrected chi connectivity index (χ3v) is 3.63. The Hall–Kier alpha value is -3.15. The quantitative estimate of drug-likeness (QED) is 0.565. The standard InChI is InChI=1S/C20H20FNO4/c1-22(13-16-7-3-4-9-18(16)21)19(23)14-26-20(24)11-10-15-6-5-8-17(12-15)25-2/h3-12H,13-14H2,1-2H3/b11-10+. The van der Waals surface area contributed by atoms with Gasteiger partial charge in [0.05, 0.1) is 7.11 Å². The SMILES string of the molecule is COc1cccc(/C=C/C(=O)OCC(=O)N(C)Cc2ccccc2F)c1. The van der Waals surface area contributed by atoms with Crippen LogP contribution in [-0.4, -0.2) is 37.5 Å². The number of methoxy groups -OCH3 is 1. The molecule has 0 bridgehead atoms. The molecular weight excluding hydrogens is 337 g/mol. The van der Waals surface area contributed by atoms with Crippen LogP contribution in [0.1, 0.15) is 11.1 Å². The van der Waals surface area contributed by atoms with Crippen molar-refractivity contribution in [2.45, 2.75) is 6.54 Å². The van der Waals surface area contributed by atoms with Crippen LogP contribution in [0.15, 0.2) is 54.6 Å². The summed E-state index contributed by atoms with van der Waals surface area (Å²) in [7, 11) is 3.08. The molecule has 2 aromatic rings. The van der Waals surface area contributed by atoms with Crippen molar-refractivity contribution in [2.24, 2.45) is 0 Å². The summed E-state index contributed by atoms with van der Waals surface area (Å²) in [6, 6.07) is 13.4. The van der Waals surface area contributed by atoms with Gasteiger partial charge in [0.2, 0.25) is 0 Å². The van der Waals surface area contributed by atoms with Crippen LogP contribution in [0.2, 0.25) is 0 Å². The first kappa shape index (κ1) is 19.2. The number of likely N-dealkylation sites (N-methyl/N-ethyl adjacent to an activating group) is 1. The Kier molecular flexibility index (Phi) is 6.91. The highest BCUT2D eigenvalue weighted by atomic mass is 19.1. The number of hydrogen-bond acceptors (Lipinski definition) is 4. The van der Waals surface area contributed by atoms with E-state index in [-0.39, 0.29) is 12.4 Å². The molecule has 0 saturated heterocycles. The van der Waals surface area contributed by atoms with E-state index < -0.39 is 18.5 Å². The van der Waals surface area contributed by atoms with E-state index in [1.165, 1.54) is 24.1 Å². The molecule has 0 atom stereocenters. The number of rotatable bonds is 7. The fraction of sp³-hybridized carbons (Fsp3) is 0.200. The second-order valence-electron chi connectivity index (χ2n) is 5.56. The average Bonchev–Trinajstić information content (AvgIpc) is 2.66. The third-order valence-electron chi connectivity index (χ3n) is 3.63. The van der Waals surface area contributed by atoms with Gasteiger partial charge in [0.25, 0.3) is 5.91 Å². The largest absolute Gasteiger partial charge is 0.497 e. The molecule has 0 heterocycles. The van der Waals surface area contributed by atoms with Gasteiger partial charge in [-0.3, -0.25) is 4.79 Å². The minimum atomic E-state index is -0.638. The lowest BCUT2D eigenvalue weighted by molar-refractivity contribution is -0.147. The van der Waals surface area contributed by atoms with E-state index in [2.05, 4.69) is 0 Å². The summed E-state index contributed by atoms with van der Waals surface area (Å²) in [5.41, 5.74) is 1.16. The van der Waals surface area contributed by atoms with Crippen molar-refractivity contribution in [1.29, 1.82) is 0 Å². The summed E-state index contributed by atoms with van der Waals surface area (Å²) in [6.45, 7) is -0.311. The number of carbonyl (C=O) groups is 2. The zero-order valence-electron chi connectivity index (χ0n) is 14.6. The Morgan fingerprint density at radius 2 is 1.92 bits per heavy atom. The molecule has 0 aliphatic heterocycles. The number of esters is 1. The Labute approximate surface area is 151 Å². The minimum Gasteiger partial charge on any atom is -0.497 e. The van der Waals surface area contributed by atoms with E-state index in [0.717, 1.165) is 5.56 Å². The Morgan fingerprint density at radius 1 is 1.15 bits per heavy atom. The molecule has 26 heavy (non-hydrogen) atoms. The molecule has 0 aromatic heterocycles. The first-order valence-electron chi connectivity index (χ1n) is 7.96. The summed E-state index contributed by atoms with van der Waals surface area (Å²) in [5, 5.41) is 0. The van der Waals surface area contributed by atoms with Gasteiger partial charge >= 0.3 is 5.97 Å². The highest BCUT2D eigenvalue weighted by Gasteiger charge is 2.13. The van der Waals surface area contributed by atoms with Crippen LogP contribution in [0, 0.1) is 5.82 Å². The zero-order valence-corrected chi connectivity index (χ0v) is 14.6. The molecule has 0 aliphatic rings. The van der Waals surface area contributed by atoms with Crippen LogP contribution >= 0.6 is 0 Å². The van der Waals surface area contributed by atoms with Crippen molar-refractivity contribution in [1.82, 2.24) is 4.90 Å². The predicted octanol–water partition coefficient (Wildman–Crippen LogP) is 3.05. The highest BCUT2D eigenvalue weighted by molar-refractivity contribution is 5.89. The lowest BCUT2D eigenvalue weighted by atomic mass is 10.2. The topological polar surface area (TPSA) is 55.8 Å². The van der Waals surface area contributed by atoms with Crippen molar-refractivity contribution >= 4 is 18.0 Å². The second kappa shape index (κ2) is 9.36. The Balaban J connectivity index is 1.83. The van der Waals surface area contributed by atoms with Crippen molar-refractivity contribution in [3.8, 4) is 5.75 Å². The monoisotopic (exact) mass is 357 g/mol. The second-order valence-corrected chi connectivity index (χ2v) is 5.56. The summed E-state index contributed by atoms with van der Waals surface area (Å²) in [6.07, 6.45) is 2.80. The van der Waals surface area contributed by atoms with Gasteiger partial charge in [-0.2, -0.15) is 0 Å². The van der Waals surface area contributed by atoms with E-state index in [1.807, 2.05) is 0 Å². The summed E-state index contributed by atoms with van der Waals surface area (Å²) in [4.78, 5) is 25.0. The van der Waals surface area contributed by atoms with Gasteiger partial charge in [0.1, 0.15) is 11.6 Å². The molecule has 136 valence electrons. The number of hydrogen-bond donors (Lipinski definition) is 0. The van der Waals surface area contributed by atoms with Crippen LogP contribution in [0.4, 0.5) is 4.39 Å². The van der Waals surface area contributed by atoms with Crippen LogP contribution < -0.4 is 4.74 Å². The van der Waals surface area contributed by atoms with E-state index in [4.69, 9.17) is 9.47 Å². The molecule has 0 aliphatic carbocycles. The number of amides is 1. The molecule has 5 nitrogen and oxygen atoms in total. The molecular formula is C20H20FNO4. The predicted molar refractivity (Wildman–Crippen MR) is 95.9 cm³/mol. The fourth-order valence-corrected chi connectivity index (χ4v) is 2.17. The van der Waals surface area contributed by atoms with Gasteiger partial charge in [-0.25, -0.2) is 9.18 Å². The number of benzene rings is 2. The number of halogens is 1. The Morgan fingerprint density at radius 3 is 2.65 bits per heavy atom. The first-order valence-corrected chi connectivity index (χ1v) is 7.96. The fourth-order valence-electron chi connectivity index (χ4n) is 2.17. The van der Waals surface area contributed by atoms with Gasteiger partial charge in [0.15, 0.2) is 6.61 Å². The molecule has 0 unspecified atom stereocenters. The molecule has 6 heteroatoms. The van der Waals surface area contributed by atoms with Crippen LogP contribution in [0.25, 0.3) is 6.08 Å². The van der Waals surface area contributed by atoms with E-state index in [1.54, 1.807) is 55.7 Å². The van der Waals surface area contributed by atoms with Crippen LogP contribution in [-0.2, 0) is 20.9 Å². The summed E-state index contributed by atoms with van der Waals surface area (Å²) >= 11 is 0. The highest BCUT2D eigenvalue weighted by Crippen LogP contribution is 2.13. The third kappa shape index (κ3) is 5.73. The minimum absolute atomic E-state index is 0.0999. The average molecular weight is 357 g/mol. The molecule has 1 amide bonds. The van der Waals surface area contributed by atoms with Gasteiger partial charge in [-0.1, -0.05) is 30.3 Å². The van der Waals surface area contributed by atoms with Crippen molar-refractivity contribution in [3.63, 3.8) is 0 Å². The smallest absolute Gasteiger partial charge is 0.331 e. The zero-order chi connectivity index (χ0) is 18.9. The van der Waals surface area contributed by atoms with Crippen LogP contribution in [0.5, 0.6) is 5.75 Å². The van der Waals surface area contributed by atoms with E-state index in [9.17, 15) is 14.0 Å². The first-order chi connectivity index (χ1) is 12.5. The maximum atomic E-state index is 13.6. The van der Waals surface area contributed by atoms with Gasteiger partial charge in [-0.05, 0) is 29.8 Å². The van der Waals surface area contributed by atoms with E-state index in [0.29, 0.717) is 11.3 Å². The molecule has 2 aromatic carbocycles. The van der Waals surface area contributed by atoms with Gasteiger partial charge < -0.3 is 14.4 Å². The maximum Gasteiger partial charge on any atom is 0.331 e. The van der Waals surface area contributed by atoms with Gasteiger partial charge in [-0.15, -0.1) is 0 Å². The molecule has 0 radical (unpaired) electrons. The lowest BCUT2D eigenvalue weighted by Gasteiger charge is -2.17. The van der Waals surface area contributed by atoms with Crippen molar-refractivity contribution < 1.29 is 23.5 Å². The number of ether oxygens (including phenoxy) is 2.